The van der Waals surface area contributed by atoms with Gasteiger partial charge in [0.05, 0.1) is 0 Å². The van der Waals surface area contributed by atoms with E-state index in [1.54, 1.807) is 6.21 Å². The summed E-state index contributed by atoms with van der Waals surface area (Å²) in [6.07, 6.45) is 7.51. The van der Waals surface area contributed by atoms with Crippen LogP contribution in [0.5, 0.6) is 0 Å². The molecule has 0 fully saturated rings. The first-order chi connectivity index (χ1) is 5.38. The van der Waals surface area contributed by atoms with Crippen molar-refractivity contribution in [1.29, 1.82) is 0 Å². The predicted octanol–water partition coefficient (Wildman–Crippen LogP) is 1.16. The van der Waals surface area contributed by atoms with E-state index in [0.29, 0.717) is 6.67 Å². The van der Waals surface area contributed by atoms with Crippen molar-refractivity contribution in [3.63, 3.8) is 0 Å². The minimum Gasteiger partial charge on any atom is -0.310 e. The van der Waals surface area contributed by atoms with Crippen LogP contribution in [0.15, 0.2) is 33.7 Å². The molecule has 2 heterocycles. The summed E-state index contributed by atoms with van der Waals surface area (Å²) < 4.78 is 0. The Bertz CT molecular complexity index is 284. The second-order valence-electron chi connectivity index (χ2n) is 2.51. The first-order valence-corrected chi connectivity index (χ1v) is 3.56. The van der Waals surface area contributed by atoms with E-state index in [1.165, 1.54) is 5.70 Å². The summed E-state index contributed by atoms with van der Waals surface area (Å²) in [4.78, 5) is 10.4. The van der Waals surface area contributed by atoms with Crippen LogP contribution in [0.25, 0.3) is 0 Å². The Morgan fingerprint density at radius 1 is 1.36 bits per heavy atom. The first-order valence-electron chi connectivity index (χ1n) is 3.56. The van der Waals surface area contributed by atoms with Gasteiger partial charge in [-0.2, -0.15) is 0 Å². The van der Waals surface area contributed by atoms with Crippen LogP contribution in [-0.4, -0.2) is 24.0 Å². The normalized spacial score (nSPS) is 21.0. The van der Waals surface area contributed by atoms with Gasteiger partial charge in [0.2, 0.25) is 0 Å². The zero-order chi connectivity index (χ0) is 7.68. The smallest absolute Gasteiger partial charge is 0.135 e. The number of hydrogen-bond acceptors (Lipinski definition) is 3. The van der Waals surface area contributed by atoms with Gasteiger partial charge >= 0.3 is 0 Å². The summed E-state index contributed by atoms with van der Waals surface area (Å²) in [5, 5.41) is 0. The van der Waals surface area contributed by atoms with Gasteiger partial charge in [-0.3, -0.25) is 4.99 Å². The Kier molecular flexibility index (Phi) is 1.35. The molecule has 0 N–H and O–H groups in total. The van der Waals surface area contributed by atoms with Crippen molar-refractivity contribution in [3.8, 4) is 0 Å². The van der Waals surface area contributed by atoms with E-state index < -0.39 is 0 Å². The van der Waals surface area contributed by atoms with Crippen LogP contribution in [0, 0.1) is 0 Å². The molecule has 2 aliphatic heterocycles. The molecule has 0 radical (unpaired) electrons. The van der Waals surface area contributed by atoms with Crippen molar-refractivity contribution in [2.75, 3.05) is 6.67 Å². The van der Waals surface area contributed by atoms with Crippen molar-refractivity contribution in [2.45, 2.75) is 6.92 Å². The van der Waals surface area contributed by atoms with Crippen molar-refractivity contribution < 1.29 is 0 Å². The first kappa shape index (κ1) is 6.34. The van der Waals surface area contributed by atoms with Gasteiger partial charge in [-0.25, -0.2) is 4.99 Å². The van der Waals surface area contributed by atoms with Crippen LogP contribution in [0.1, 0.15) is 6.92 Å². The van der Waals surface area contributed by atoms with E-state index in [1.807, 2.05) is 18.4 Å². The van der Waals surface area contributed by atoms with Gasteiger partial charge in [0, 0.05) is 18.1 Å². The number of hydrogen-bond donors (Lipinski definition) is 0. The number of aliphatic imine (C=N–C) groups is 2. The summed E-state index contributed by atoms with van der Waals surface area (Å²) in [6.45, 7) is 2.76. The third kappa shape index (κ3) is 0.981. The molecule has 0 bridgehead atoms. The highest BCUT2D eigenvalue weighted by Gasteiger charge is 2.13. The Labute approximate surface area is 65.5 Å². The van der Waals surface area contributed by atoms with E-state index >= 15 is 0 Å². The van der Waals surface area contributed by atoms with Crippen molar-refractivity contribution >= 4 is 12.4 Å². The van der Waals surface area contributed by atoms with E-state index in [9.17, 15) is 0 Å². The topological polar surface area (TPSA) is 28.0 Å². The fourth-order valence-electron chi connectivity index (χ4n) is 1.13. The lowest BCUT2D eigenvalue weighted by molar-refractivity contribution is 0.431. The molecular formula is C8H9N3. The largest absolute Gasteiger partial charge is 0.310 e. The predicted molar refractivity (Wildman–Crippen MR) is 45.5 cm³/mol. The summed E-state index contributed by atoms with van der Waals surface area (Å²) >= 11 is 0. The van der Waals surface area contributed by atoms with Gasteiger partial charge in [0.25, 0.3) is 0 Å². The molecule has 0 atom stereocenters. The van der Waals surface area contributed by atoms with Crippen LogP contribution in [0.4, 0.5) is 0 Å². The SMILES string of the molecule is CC1=CC=NC2=CC=NCN12. The molecule has 0 saturated heterocycles. The zero-order valence-electron chi connectivity index (χ0n) is 6.36. The van der Waals surface area contributed by atoms with Gasteiger partial charge in [0.1, 0.15) is 12.5 Å². The maximum atomic E-state index is 4.20. The lowest BCUT2D eigenvalue weighted by Crippen LogP contribution is -2.24. The molecule has 3 heteroatoms. The van der Waals surface area contributed by atoms with Crippen LogP contribution in [0.2, 0.25) is 0 Å². The quantitative estimate of drug-likeness (QED) is 0.505. The summed E-state index contributed by atoms with van der Waals surface area (Å²) in [6, 6.07) is 0. The van der Waals surface area contributed by atoms with Crippen LogP contribution >= 0.6 is 0 Å². The van der Waals surface area contributed by atoms with E-state index in [2.05, 4.69) is 21.8 Å². The molecule has 0 aromatic carbocycles. The fraction of sp³-hybridized carbons (Fsp3) is 0.250. The van der Waals surface area contributed by atoms with Crippen molar-refractivity contribution in [3.05, 3.63) is 23.7 Å². The monoisotopic (exact) mass is 147 g/mol. The Morgan fingerprint density at radius 3 is 3.09 bits per heavy atom. The van der Waals surface area contributed by atoms with Crippen LogP contribution in [0.3, 0.4) is 0 Å². The number of allylic oxidation sites excluding steroid dienone is 3. The summed E-state index contributed by atoms with van der Waals surface area (Å²) in [7, 11) is 0. The Balaban J connectivity index is 2.37. The summed E-state index contributed by atoms with van der Waals surface area (Å²) in [5.41, 5.74) is 1.20. The fourth-order valence-corrected chi connectivity index (χ4v) is 1.13. The molecule has 0 aromatic heterocycles. The Hall–Kier alpha value is -1.38. The molecule has 2 rings (SSSR count). The van der Waals surface area contributed by atoms with E-state index in [0.717, 1.165) is 5.82 Å². The molecule has 56 valence electrons. The standard InChI is InChI=1S/C8H9N3/c1-7-2-5-10-8-3-4-9-6-11(7)8/h2-5H,6H2,1H3. The van der Waals surface area contributed by atoms with Gasteiger partial charge in [-0.05, 0) is 19.1 Å². The highest BCUT2D eigenvalue weighted by Crippen LogP contribution is 2.18. The minimum atomic E-state index is 0.700. The number of rotatable bonds is 0. The molecule has 0 spiro atoms. The molecule has 11 heavy (non-hydrogen) atoms. The van der Waals surface area contributed by atoms with E-state index in [-0.39, 0.29) is 0 Å². The lowest BCUT2D eigenvalue weighted by Gasteiger charge is -2.27. The molecule has 0 amide bonds. The van der Waals surface area contributed by atoms with Crippen LogP contribution in [-0.2, 0) is 0 Å². The highest BCUT2D eigenvalue weighted by molar-refractivity contribution is 5.78. The lowest BCUT2D eigenvalue weighted by atomic mass is 10.3. The second-order valence-corrected chi connectivity index (χ2v) is 2.51. The zero-order valence-corrected chi connectivity index (χ0v) is 6.36. The Morgan fingerprint density at radius 2 is 2.27 bits per heavy atom. The van der Waals surface area contributed by atoms with Crippen LogP contribution < -0.4 is 0 Å². The van der Waals surface area contributed by atoms with Crippen molar-refractivity contribution in [1.82, 2.24) is 4.90 Å². The minimum absolute atomic E-state index is 0.700. The third-order valence-corrected chi connectivity index (χ3v) is 1.78. The van der Waals surface area contributed by atoms with E-state index in [4.69, 9.17) is 0 Å². The average Bonchev–Trinajstić information content (AvgIpc) is 2.06. The molecule has 0 aromatic rings. The van der Waals surface area contributed by atoms with Gasteiger partial charge in [-0.15, -0.1) is 0 Å². The maximum absolute atomic E-state index is 4.20. The molecule has 2 aliphatic rings. The number of fused-ring (bicyclic) bond motifs is 1. The van der Waals surface area contributed by atoms with Gasteiger partial charge < -0.3 is 4.90 Å². The molecule has 0 saturated carbocycles. The van der Waals surface area contributed by atoms with Gasteiger partial charge in [0.15, 0.2) is 0 Å². The average molecular weight is 147 g/mol. The number of nitrogens with zero attached hydrogens (tertiary/aromatic N) is 3. The van der Waals surface area contributed by atoms with Crippen molar-refractivity contribution in [2.24, 2.45) is 9.98 Å². The second kappa shape index (κ2) is 2.34. The molecule has 0 aliphatic carbocycles. The summed E-state index contributed by atoms with van der Waals surface area (Å²) in [5.74, 6) is 0.986. The third-order valence-electron chi connectivity index (χ3n) is 1.78. The highest BCUT2D eigenvalue weighted by atomic mass is 15.3. The molecule has 0 unspecified atom stereocenters. The molecule has 3 nitrogen and oxygen atoms in total. The van der Waals surface area contributed by atoms with Gasteiger partial charge in [-0.1, -0.05) is 0 Å². The molecular weight excluding hydrogens is 138 g/mol. The maximum Gasteiger partial charge on any atom is 0.135 e.